The third-order valence-electron chi connectivity index (χ3n) is 4.62. The summed E-state index contributed by atoms with van der Waals surface area (Å²) < 4.78 is 21.6. The first kappa shape index (κ1) is 20.7. The number of rotatable bonds is 7. The molecule has 2 aromatic carbocycles. The summed E-state index contributed by atoms with van der Waals surface area (Å²) in [6.07, 6.45) is 3.41. The molecule has 0 spiro atoms. The summed E-state index contributed by atoms with van der Waals surface area (Å²) in [6.45, 7) is 4.35. The normalized spacial score (nSPS) is 10.8. The van der Waals surface area contributed by atoms with Crippen molar-refractivity contribution in [2.24, 2.45) is 0 Å². The summed E-state index contributed by atoms with van der Waals surface area (Å²) in [5.41, 5.74) is 2.41. The van der Waals surface area contributed by atoms with Gasteiger partial charge in [-0.05, 0) is 56.3 Å². The van der Waals surface area contributed by atoms with Gasteiger partial charge in [0, 0.05) is 29.0 Å². The fraction of sp³-hybridized carbons (Fsp3) is 0.174. The Kier molecular flexibility index (Phi) is 6.08. The van der Waals surface area contributed by atoms with Gasteiger partial charge in [0.05, 0.1) is 24.4 Å². The third kappa shape index (κ3) is 4.80. The molecule has 1 amide bonds. The summed E-state index contributed by atoms with van der Waals surface area (Å²) in [6, 6.07) is 12.3. The SMILES string of the molecule is CCOc1ccc(-c2nc(CC(=O)Nc3ccc(-n4ccnc4C)c(F)c3)cs2)cc1. The van der Waals surface area contributed by atoms with E-state index in [0.29, 0.717) is 29.5 Å². The summed E-state index contributed by atoms with van der Waals surface area (Å²) >= 11 is 1.47. The van der Waals surface area contributed by atoms with Gasteiger partial charge in [0.15, 0.2) is 0 Å². The number of hydrogen-bond acceptors (Lipinski definition) is 5. The minimum Gasteiger partial charge on any atom is -0.494 e. The second kappa shape index (κ2) is 9.09. The van der Waals surface area contributed by atoms with Crippen molar-refractivity contribution in [3.8, 4) is 22.0 Å². The van der Waals surface area contributed by atoms with E-state index in [4.69, 9.17) is 4.74 Å². The maximum atomic E-state index is 14.5. The van der Waals surface area contributed by atoms with Gasteiger partial charge in [-0.3, -0.25) is 4.79 Å². The van der Waals surface area contributed by atoms with E-state index in [1.807, 2.05) is 36.6 Å². The minimum absolute atomic E-state index is 0.109. The van der Waals surface area contributed by atoms with Crippen LogP contribution in [0.4, 0.5) is 10.1 Å². The molecule has 4 rings (SSSR count). The van der Waals surface area contributed by atoms with Crippen LogP contribution >= 0.6 is 11.3 Å². The van der Waals surface area contributed by atoms with Crippen LogP contribution in [0.1, 0.15) is 18.4 Å². The van der Waals surface area contributed by atoms with E-state index in [1.165, 1.54) is 17.4 Å². The number of aromatic nitrogens is 3. The Bertz CT molecular complexity index is 1200. The average Bonchev–Trinajstić information content (AvgIpc) is 3.38. The summed E-state index contributed by atoms with van der Waals surface area (Å²) in [5, 5.41) is 5.42. The van der Waals surface area contributed by atoms with Crippen molar-refractivity contribution in [3.63, 3.8) is 0 Å². The Morgan fingerprint density at radius 3 is 2.71 bits per heavy atom. The Balaban J connectivity index is 1.40. The quantitative estimate of drug-likeness (QED) is 0.442. The lowest BCUT2D eigenvalue weighted by atomic mass is 10.2. The van der Waals surface area contributed by atoms with Crippen molar-refractivity contribution >= 4 is 22.9 Å². The molecular weight excluding hydrogens is 415 g/mol. The van der Waals surface area contributed by atoms with Crippen LogP contribution in [0.15, 0.2) is 60.2 Å². The maximum Gasteiger partial charge on any atom is 0.230 e. The molecule has 0 fully saturated rings. The molecule has 0 bridgehead atoms. The molecule has 2 aromatic heterocycles. The molecule has 8 heteroatoms. The van der Waals surface area contributed by atoms with E-state index in [0.717, 1.165) is 16.3 Å². The highest BCUT2D eigenvalue weighted by molar-refractivity contribution is 7.13. The number of ether oxygens (including phenoxy) is 1. The van der Waals surface area contributed by atoms with Crippen molar-refractivity contribution < 1.29 is 13.9 Å². The number of anilines is 1. The fourth-order valence-electron chi connectivity index (χ4n) is 3.16. The number of nitrogens with one attached hydrogen (secondary N) is 1. The predicted octanol–water partition coefficient (Wildman–Crippen LogP) is 5.02. The van der Waals surface area contributed by atoms with E-state index in [9.17, 15) is 9.18 Å². The van der Waals surface area contributed by atoms with E-state index in [2.05, 4.69) is 15.3 Å². The molecule has 0 atom stereocenters. The molecule has 0 saturated carbocycles. The molecule has 0 unspecified atom stereocenters. The summed E-state index contributed by atoms with van der Waals surface area (Å²) in [4.78, 5) is 21.1. The van der Waals surface area contributed by atoms with E-state index >= 15 is 0 Å². The zero-order chi connectivity index (χ0) is 21.8. The number of benzene rings is 2. The monoisotopic (exact) mass is 436 g/mol. The van der Waals surface area contributed by atoms with E-state index in [1.54, 1.807) is 36.0 Å². The van der Waals surface area contributed by atoms with Gasteiger partial charge in [-0.2, -0.15) is 0 Å². The number of aryl methyl sites for hydroxylation is 1. The lowest BCUT2D eigenvalue weighted by Crippen LogP contribution is -2.15. The van der Waals surface area contributed by atoms with Gasteiger partial charge in [0.1, 0.15) is 22.4 Å². The van der Waals surface area contributed by atoms with Crippen molar-refractivity contribution in [3.05, 3.63) is 77.6 Å². The van der Waals surface area contributed by atoms with Crippen molar-refractivity contribution in [1.82, 2.24) is 14.5 Å². The number of hydrogen-bond donors (Lipinski definition) is 1. The number of thiazole rings is 1. The summed E-state index contributed by atoms with van der Waals surface area (Å²) in [7, 11) is 0. The second-order valence-corrected chi connectivity index (χ2v) is 7.70. The topological polar surface area (TPSA) is 69.0 Å². The molecule has 0 aliphatic heterocycles. The van der Waals surface area contributed by atoms with Gasteiger partial charge >= 0.3 is 0 Å². The Labute approximate surface area is 183 Å². The van der Waals surface area contributed by atoms with Crippen LogP contribution < -0.4 is 10.1 Å². The lowest BCUT2D eigenvalue weighted by molar-refractivity contribution is -0.115. The van der Waals surface area contributed by atoms with Gasteiger partial charge in [-0.1, -0.05) is 0 Å². The largest absolute Gasteiger partial charge is 0.494 e. The summed E-state index contributed by atoms with van der Waals surface area (Å²) in [5.74, 6) is 0.797. The fourth-order valence-corrected chi connectivity index (χ4v) is 3.99. The molecule has 0 radical (unpaired) electrons. The number of carbonyl (C=O) groups excluding carboxylic acids is 1. The number of amides is 1. The van der Waals surface area contributed by atoms with Gasteiger partial charge < -0.3 is 14.6 Å². The third-order valence-corrected chi connectivity index (χ3v) is 5.56. The van der Waals surface area contributed by atoms with Crippen LogP contribution in [0.5, 0.6) is 5.75 Å². The van der Waals surface area contributed by atoms with Crippen molar-refractivity contribution in [2.75, 3.05) is 11.9 Å². The molecule has 6 nitrogen and oxygen atoms in total. The maximum absolute atomic E-state index is 14.5. The molecular formula is C23H21FN4O2S. The first-order valence-electron chi connectivity index (χ1n) is 9.81. The van der Waals surface area contributed by atoms with E-state index < -0.39 is 5.82 Å². The molecule has 0 saturated heterocycles. The molecule has 0 aliphatic carbocycles. The molecule has 0 aliphatic rings. The smallest absolute Gasteiger partial charge is 0.230 e. The minimum atomic E-state index is -0.439. The molecule has 31 heavy (non-hydrogen) atoms. The number of carbonyl (C=O) groups is 1. The first-order chi connectivity index (χ1) is 15.0. The van der Waals surface area contributed by atoms with Crippen LogP contribution in [0, 0.1) is 12.7 Å². The molecule has 1 N–H and O–H groups in total. The highest BCUT2D eigenvalue weighted by atomic mass is 32.1. The first-order valence-corrected chi connectivity index (χ1v) is 10.7. The Morgan fingerprint density at radius 2 is 2.03 bits per heavy atom. The van der Waals surface area contributed by atoms with Crippen LogP contribution in [0.3, 0.4) is 0 Å². The average molecular weight is 437 g/mol. The van der Waals surface area contributed by atoms with Crippen LogP contribution in [0.2, 0.25) is 0 Å². The number of halogens is 1. The van der Waals surface area contributed by atoms with Crippen molar-refractivity contribution in [2.45, 2.75) is 20.3 Å². The van der Waals surface area contributed by atoms with Crippen LogP contribution in [-0.2, 0) is 11.2 Å². The number of nitrogens with zero attached hydrogens (tertiary/aromatic N) is 3. The van der Waals surface area contributed by atoms with Crippen LogP contribution in [-0.4, -0.2) is 27.0 Å². The highest BCUT2D eigenvalue weighted by Crippen LogP contribution is 2.26. The highest BCUT2D eigenvalue weighted by Gasteiger charge is 2.12. The molecule has 2 heterocycles. The van der Waals surface area contributed by atoms with Gasteiger partial charge in [-0.15, -0.1) is 11.3 Å². The zero-order valence-electron chi connectivity index (χ0n) is 17.1. The molecule has 158 valence electrons. The Morgan fingerprint density at radius 1 is 1.23 bits per heavy atom. The number of imidazole rings is 1. The zero-order valence-corrected chi connectivity index (χ0v) is 17.9. The lowest BCUT2D eigenvalue weighted by Gasteiger charge is -2.09. The predicted molar refractivity (Wildman–Crippen MR) is 119 cm³/mol. The van der Waals surface area contributed by atoms with Crippen molar-refractivity contribution in [1.29, 1.82) is 0 Å². The van der Waals surface area contributed by atoms with Gasteiger partial charge in [0.2, 0.25) is 5.91 Å². The second-order valence-electron chi connectivity index (χ2n) is 6.84. The van der Waals surface area contributed by atoms with Gasteiger partial charge in [-0.25, -0.2) is 14.4 Å². The Hall–Kier alpha value is -3.52. The standard InChI is InChI=1S/C23H21FN4O2S/c1-3-30-19-7-4-16(5-8-19)23-27-18(14-31-23)13-22(29)26-17-6-9-21(20(24)12-17)28-11-10-25-15(28)2/h4-12,14H,3,13H2,1-2H3,(H,26,29). The van der Waals surface area contributed by atoms with E-state index in [-0.39, 0.29) is 12.3 Å². The molecule has 4 aromatic rings. The van der Waals surface area contributed by atoms with Crippen LogP contribution in [0.25, 0.3) is 16.3 Å². The van der Waals surface area contributed by atoms with Gasteiger partial charge in [0.25, 0.3) is 0 Å².